The number of nitrogens with zero attached hydrogens (tertiary/aromatic N) is 2. The molecule has 0 radical (unpaired) electrons. The molecule has 3 fully saturated rings. The zero-order valence-corrected chi connectivity index (χ0v) is 30.2. The highest BCUT2D eigenvalue weighted by Gasteiger charge is 2.63. The van der Waals surface area contributed by atoms with Gasteiger partial charge in [-0.15, -0.1) is 0 Å². The minimum atomic E-state index is -4.00. The molecule has 2 aromatic rings. The summed E-state index contributed by atoms with van der Waals surface area (Å²) in [7, 11) is -2.51. The molecule has 7 atom stereocenters. The molecular weight excluding hydrogens is 678 g/mol. The van der Waals surface area contributed by atoms with Gasteiger partial charge in [-0.25, -0.2) is 13.2 Å². The number of fused-ring (bicyclic) bond motifs is 3. The third-order valence-electron chi connectivity index (χ3n) is 11.1. The fraction of sp³-hybridized carbons (Fsp3) is 0.583. The van der Waals surface area contributed by atoms with Gasteiger partial charge < -0.3 is 30.1 Å². The Balaban J connectivity index is 1.36. The number of ether oxygens (including phenoxy) is 2. The maximum absolute atomic E-state index is 14.5. The number of pyridine rings is 1. The van der Waals surface area contributed by atoms with E-state index in [0.29, 0.717) is 43.4 Å². The van der Waals surface area contributed by atoms with Crippen LogP contribution in [0.2, 0.25) is 0 Å². The van der Waals surface area contributed by atoms with Crippen molar-refractivity contribution in [2.45, 2.75) is 101 Å². The lowest BCUT2D eigenvalue weighted by Gasteiger charge is -2.33. The van der Waals surface area contributed by atoms with Gasteiger partial charge in [0.05, 0.1) is 18.4 Å². The van der Waals surface area contributed by atoms with Crippen LogP contribution in [-0.4, -0.2) is 89.4 Å². The second-order valence-corrected chi connectivity index (χ2v) is 17.0. The van der Waals surface area contributed by atoms with Crippen LogP contribution < -0.4 is 24.8 Å². The Kier molecular flexibility index (Phi) is 9.96. The monoisotopic (exact) mass is 725 g/mol. The first-order valence-electron chi connectivity index (χ1n) is 17.7. The van der Waals surface area contributed by atoms with E-state index in [1.807, 2.05) is 50.3 Å². The fourth-order valence-corrected chi connectivity index (χ4v) is 8.76. The van der Waals surface area contributed by atoms with Crippen LogP contribution in [0.3, 0.4) is 0 Å². The smallest absolute Gasteiger partial charge is 0.405 e. The van der Waals surface area contributed by atoms with Crippen molar-refractivity contribution in [3.8, 4) is 11.8 Å². The van der Waals surface area contributed by atoms with Crippen LogP contribution in [0.1, 0.15) is 72.1 Å². The summed E-state index contributed by atoms with van der Waals surface area (Å²) in [4.78, 5) is 60.6. The average molecular weight is 726 g/mol. The summed E-state index contributed by atoms with van der Waals surface area (Å²) in [6.45, 7) is 5.47. The van der Waals surface area contributed by atoms with E-state index in [1.54, 1.807) is 13.0 Å². The molecule has 276 valence electrons. The summed E-state index contributed by atoms with van der Waals surface area (Å²) in [6, 6.07) is 6.88. The molecule has 15 heteroatoms. The Morgan fingerprint density at radius 1 is 1.18 bits per heavy atom. The van der Waals surface area contributed by atoms with Gasteiger partial charge in [0.15, 0.2) is 0 Å². The number of hydrogen-bond donors (Lipinski definition) is 4. The molecule has 4 N–H and O–H groups in total. The van der Waals surface area contributed by atoms with Gasteiger partial charge in [-0.2, -0.15) is 4.98 Å². The number of sulfonamides is 1. The van der Waals surface area contributed by atoms with E-state index in [2.05, 4.69) is 20.3 Å². The minimum absolute atomic E-state index is 0.00630. The van der Waals surface area contributed by atoms with Crippen molar-refractivity contribution in [3.05, 3.63) is 42.5 Å². The quantitative estimate of drug-likeness (QED) is 0.293. The zero-order valence-electron chi connectivity index (χ0n) is 29.4. The summed E-state index contributed by atoms with van der Waals surface area (Å²) in [5.74, 6) is -2.18. The number of nitrogens with one attached hydrogen (secondary N) is 3. The maximum atomic E-state index is 14.5. The number of carbonyl (C=O) groups is 4. The van der Waals surface area contributed by atoms with Crippen LogP contribution in [0.15, 0.2) is 42.5 Å². The molecule has 1 aromatic heterocycles. The number of allylic oxidation sites excluding steroid dienone is 1. The fourth-order valence-electron chi connectivity index (χ4n) is 7.44. The topological polar surface area (TPSA) is 193 Å². The van der Waals surface area contributed by atoms with Gasteiger partial charge in [-0.3, -0.25) is 19.1 Å². The van der Waals surface area contributed by atoms with Crippen LogP contribution in [0.5, 0.6) is 11.8 Å². The number of carboxylic acid groups (broad SMARTS) is 1. The van der Waals surface area contributed by atoms with Gasteiger partial charge in [0.2, 0.25) is 33.6 Å². The highest BCUT2D eigenvalue weighted by molar-refractivity contribution is 7.91. The molecule has 1 aromatic carbocycles. The predicted octanol–water partition coefficient (Wildman–Crippen LogP) is 3.50. The first-order valence-corrected chi connectivity index (χ1v) is 19.1. The summed E-state index contributed by atoms with van der Waals surface area (Å²) in [5.41, 5.74) is -1.54. The Morgan fingerprint density at radius 3 is 2.61 bits per heavy atom. The van der Waals surface area contributed by atoms with Gasteiger partial charge >= 0.3 is 6.09 Å². The molecule has 2 aliphatic heterocycles. The molecule has 2 aliphatic carbocycles. The number of carbonyl (C=O) groups excluding carboxylic acids is 3. The van der Waals surface area contributed by atoms with E-state index in [-0.39, 0.29) is 37.1 Å². The van der Waals surface area contributed by atoms with Crippen LogP contribution in [0.25, 0.3) is 10.8 Å². The van der Waals surface area contributed by atoms with Crippen molar-refractivity contribution in [2.24, 2.45) is 17.8 Å². The maximum Gasteiger partial charge on any atom is 0.405 e. The van der Waals surface area contributed by atoms with Gasteiger partial charge in [0, 0.05) is 23.8 Å². The van der Waals surface area contributed by atoms with Gasteiger partial charge in [-0.05, 0) is 68.7 Å². The molecule has 6 rings (SSSR count). The largest absolute Gasteiger partial charge is 0.481 e. The van der Waals surface area contributed by atoms with Gasteiger partial charge in [-0.1, -0.05) is 50.6 Å². The number of benzene rings is 1. The highest BCUT2D eigenvalue weighted by Crippen LogP contribution is 2.47. The van der Waals surface area contributed by atoms with Crippen molar-refractivity contribution in [1.82, 2.24) is 25.2 Å². The Labute approximate surface area is 297 Å². The molecule has 1 saturated heterocycles. The molecule has 3 heterocycles. The van der Waals surface area contributed by atoms with E-state index in [0.717, 1.165) is 11.8 Å². The summed E-state index contributed by atoms with van der Waals surface area (Å²) < 4.78 is 39.2. The van der Waals surface area contributed by atoms with E-state index in [9.17, 15) is 32.7 Å². The number of rotatable bonds is 8. The third-order valence-corrected chi connectivity index (χ3v) is 13.2. The van der Waals surface area contributed by atoms with Crippen LogP contribution in [0, 0.1) is 17.8 Å². The molecular formula is C36H47N5O9S. The Bertz CT molecular complexity index is 1850. The van der Waals surface area contributed by atoms with Crippen LogP contribution in [-0.2, 0) is 24.4 Å². The zero-order chi connectivity index (χ0) is 36.7. The first kappa shape index (κ1) is 36.4. The lowest BCUT2D eigenvalue weighted by molar-refractivity contribution is -0.142. The third kappa shape index (κ3) is 7.35. The summed E-state index contributed by atoms with van der Waals surface area (Å²) in [5, 5.41) is 16.6. The second-order valence-electron chi connectivity index (χ2n) is 14.8. The average Bonchev–Trinajstić information content (AvgIpc) is 3.97. The number of methoxy groups -OCH3 is 1. The number of aromatic nitrogens is 1. The van der Waals surface area contributed by atoms with Crippen molar-refractivity contribution in [2.75, 3.05) is 13.7 Å². The highest BCUT2D eigenvalue weighted by atomic mass is 32.2. The predicted molar refractivity (Wildman–Crippen MR) is 187 cm³/mol. The number of amides is 4. The molecule has 51 heavy (non-hydrogen) atoms. The van der Waals surface area contributed by atoms with Crippen molar-refractivity contribution >= 4 is 44.6 Å². The standard InChI is InChI=1S/C36H47N5O9S/c1-5-22-16-21(2)10-6-8-12-24-19-36(24,33(44)40-51(47,48)35(3)14-15-35)39-30(42)27-18-25(20-41(27)32(43)29(22)38-34(45)46)50-31-26-13-9-7-11-23(26)17-28(37-31)49-4/h7-9,11-13,17,21-22,24-25,27,29,38H,5-6,10,14-16,18-20H2,1-4H3,(H,39,42)(H,40,44)(H,45,46)/b12-8-/t21-,22-,24-,25-,27+,29+,36-/m1/s1. The van der Waals surface area contributed by atoms with Gasteiger partial charge in [0.25, 0.3) is 5.91 Å². The molecule has 4 aliphatic rings. The molecule has 4 amide bonds. The van der Waals surface area contributed by atoms with Crippen LogP contribution in [0.4, 0.5) is 4.79 Å². The molecule has 14 nitrogen and oxygen atoms in total. The van der Waals surface area contributed by atoms with E-state index < -0.39 is 68.2 Å². The molecule has 2 saturated carbocycles. The van der Waals surface area contributed by atoms with Crippen LogP contribution >= 0.6 is 0 Å². The summed E-state index contributed by atoms with van der Waals surface area (Å²) >= 11 is 0. The normalized spacial score (nSPS) is 31.2. The first-order chi connectivity index (χ1) is 24.2. The van der Waals surface area contributed by atoms with Crippen molar-refractivity contribution in [1.29, 1.82) is 0 Å². The number of hydrogen-bond acceptors (Lipinski definition) is 9. The lowest BCUT2D eigenvalue weighted by atomic mass is 9.85. The van der Waals surface area contributed by atoms with E-state index in [4.69, 9.17) is 9.47 Å². The Morgan fingerprint density at radius 2 is 1.92 bits per heavy atom. The van der Waals surface area contributed by atoms with E-state index in [1.165, 1.54) is 12.0 Å². The van der Waals surface area contributed by atoms with E-state index >= 15 is 0 Å². The SMILES string of the molecule is CC[C@@H]1C[C@H](C)CC/C=C\[C@@H]2C[C@@]2(C(=O)NS(=O)(=O)C2(C)CC2)NC(=O)[C@@H]2C[C@@H](Oc3nc(OC)cc4ccccc34)CN2C(=O)[C@H]1NC(=O)O. The van der Waals surface area contributed by atoms with Crippen molar-refractivity contribution in [3.63, 3.8) is 0 Å². The summed E-state index contributed by atoms with van der Waals surface area (Å²) in [6.07, 6.45) is 5.22. The lowest BCUT2D eigenvalue weighted by Crippen LogP contribution is -2.59. The second kappa shape index (κ2) is 14.0. The minimum Gasteiger partial charge on any atom is -0.481 e. The molecule has 0 spiro atoms. The molecule has 0 bridgehead atoms. The van der Waals surface area contributed by atoms with Gasteiger partial charge in [0.1, 0.15) is 23.7 Å². The Hall–Kier alpha value is -4.40. The van der Waals surface area contributed by atoms with Crippen molar-refractivity contribution < 1.29 is 42.2 Å². The molecule has 0 unspecified atom stereocenters.